The standard InChI is InChI=1S/C10H12BNO2/c1-6-7(2)12-10-5-8(11(13)14)3-4-9(6)10/h3-5,12-14H,1-2H3. The molecular weight excluding hydrogens is 177 g/mol. The molecule has 1 aromatic heterocycles. The maximum atomic E-state index is 9.00. The Morgan fingerprint density at radius 3 is 2.57 bits per heavy atom. The highest BCUT2D eigenvalue weighted by molar-refractivity contribution is 6.58. The van der Waals surface area contributed by atoms with Crippen LogP contribution in [0.4, 0.5) is 0 Å². The summed E-state index contributed by atoms with van der Waals surface area (Å²) in [7, 11) is -1.40. The Hall–Kier alpha value is -1.26. The Labute approximate surface area is 82.5 Å². The second kappa shape index (κ2) is 3.15. The van der Waals surface area contributed by atoms with E-state index in [1.54, 1.807) is 12.1 Å². The predicted octanol–water partition coefficient (Wildman–Crippen LogP) is 0.465. The summed E-state index contributed by atoms with van der Waals surface area (Å²) in [6.45, 7) is 4.05. The first-order valence-electron chi connectivity index (χ1n) is 4.54. The van der Waals surface area contributed by atoms with Crippen LogP contribution in [0.25, 0.3) is 10.9 Å². The molecule has 0 saturated carbocycles. The quantitative estimate of drug-likeness (QED) is 0.571. The van der Waals surface area contributed by atoms with Crippen molar-refractivity contribution in [1.82, 2.24) is 4.98 Å². The molecule has 72 valence electrons. The van der Waals surface area contributed by atoms with Gasteiger partial charge in [0.2, 0.25) is 0 Å². The molecule has 0 fully saturated rings. The topological polar surface area (TPSA) is 56.2 Å². The summed E-state index contributed by atoms with van der Waals surface area (Å²) < 4.78 is 0. The van der Waals surface area contributed by atoms with E-state index >= 15 is 0 Å². The highest BCUT2D eigenvalue weighted by Crippen LogP contribution is 2.19. The zero-order valence-electron chi connectivity index (χ0n) is 8.20. The van der Waals surface area contributed by atoms with Crippen LogP contribution in [-0.2, 0) is 0 Å². The summed E-state index contributed by atoms with van der Waals surface area (Å²) in [5, 5.41) is 19.1. The number of fused-ring (bicyclic) bond motifs is 1. The van der Waals surface area contributed by atoms with Crippen molar-refractivity contribution >= 4 is 23.5 Å². The van der Waals surface area contributed by atoms with Crippen LogP contribution in [-0.4, -0.2) is 22.2 Å². The maximum Gasteiger partial charge on any atom is 0.488 e. The van der Waals surface area contributed by atoms with Crippen molar-refractivity contribution in [1.29, 1.82) is 0 Å². The van der Waals surface area contributed by atoms with Gasteiger partial charge in [0.15, 0.2) is 0 Å². The summed E-state index contributed by atoms with van der Waals surface area (Å²) in [5.41, 5.74) is 3.79. The smallest absolute Gasteiger partial charge is 0.423 e. The molecule has 14 heavy (non-hydrogen) atoms. The minimum Gasteiger partial charge on any atom is -0.423 e. The monoisotopic (exact) mass is 189 g/mol. The number of aryl methyl sites for hydroxylation is 2. The second-order valence-electron chi connectivity index (χ2n) is 3.55. The number of nitrogens with one attached hydrogen (secondary N) is 1. The highest BCUT2D eigenvalue weighted by Gasteiger charge is 2.12. The van der Waals surface area contributed by atoms with Crippen LogP contribution in [0.5, 0.6) is 0 Å². The molecular formula is C10H12BNO2. The lowest BCUT2D eigenvalue weighted by molar-refractivity contribution is 0.426. The van der Waals surface area contributed by atoms with E-state index in [1.165, 1.54) is 5.56 Å². The Balaban J connectivity index is 2.67. The number of rotatable bonds is 1. The van der Waals surface area contributed by atoms with E-state index in [1.807, 2.05) is 19.9 Å². The van der Waals surface area contributed by atoms with Gasteiger partial charge in [-0.25, -0.2) is 0 Å². The zero-order valence-corrected chi connectivity index (χ0v) is 8.20. The summed E-state index contributed by atoms with van der Waals surface area (Å²) in [5.74, 6) is 0. The second-order valence-corrected chi connectivity index (χ2v) is 3.55. The van der Waals surface area contributed by atoms with Gasteiger partial charge in [-0.05, 0) is 30.9 Å². The fourth-order valence-electron chi connectivity index (χ4n) is 1.65. The molecule has 0 aliphatic rings. The van der Waals surface area contributed by atoms with Crippen molar-refractivity contribution in [2.45, 2.75) is 13.8 Å². The van der Waals surface area contributed by atoms with Gasteiger partial charge in [-0.15, -0.1) is 0 Å². The summed E-state index contributed by atoms with van der Waals surface area (Å²) in [4.78, 5) is 3.20. The molecule has 0 aliphatic carbocycles. The molecule has 2 aromatic rings. The van der Waals surface area contributed by atoms with Crippen LogP contribution in [0.3, 0.4) is 0 Å². The summed E-state index contributed by atoms with van der Waals surface area (Å²) in [6.07, 6.45) is 0. The fraction of sp³-hybridized carbons (Fsp3) is 0.200. The maximum absolute atomic E-state index is 9.00. The lowest BCUT2D eigenvalue weighted by Gasteiger charge is -1.98. The molecule has 3 N–H and O–H groups in total. The molecule has 0 spiro atoms. The molecule has 0 aliphatic heterocycles. The van der Waals surface area contributed by atoms with Gasteiger partial charge in [0.05, 0.1) is 0 Å². The molecule has 0 radical (unpaired) electrons. The first kappa shape index (κ1) is 9.31. The first-order chi connectivity index (χ1) is 6.59. The largest absolute Gasteiger partial charge is 0.488 e. The minimum atomic E-state index is -1.40. The van der Waals surface area contributed by atoms with Crippen molar-refractivity contribution in [3.05, 3.63) is 29.5 Å². The van der Waals surface area contributed by atoms with E-state index in [0.29, 0.717) is 5.46 Å². The summed E-state index contributed by atoms with van der Waals surface area (Å²) >= 11 is 0. The van der Waals surface area contributed by atoms with Crippen LogP contribution in [0.15, 0.2) is 18.2 Å². The van der Waals surface area contributed by atoms with Crippen LogP contribution >= 0.6 is 0 Å². The van der Waals surface area contributed by atoms with Gasteiger partial charge < -0.3 is 15.0 Å². The van der Waals surface area contributed by atoms with Gasteiger partial charge >= 0.3 is 7.12 Å². The average molecular weight is 189 g/mol. The fourth-order valence-corrected chi connectivity index (χ4v) is 1.65. The number of hydrogen-bond donors (Lipinski definition) is 3. The van der Waals surface area contributed by atoms with Gasteiger partial charge in [0, 0.05) is 16.6 Å². The average Bonchev–Trinajstić information content (AvgIpc) is 2.42. The van der Waals surface area contributed by atoms with Gasteiger partial charge in [-0.2, -0.15) is 0 Å². The lowest BCUT2D eigenvalue weighted by atomic mass is 9.80. The Morgan fingerprint density at radius 1 is 1.21 bits per heavy atom. The Kier molecular flexibility index (Phi) is 2.09. The van der Waals surface area contributed by atoms with Crippen molar-refractivity contribution < 1.29 is 10.0 Å². The van der Waals surface area contributed by atoms with E-state index < -0.39 is 7.12 Å². The van der Waals surface area contributed by atoms with Crippen LogP contribution in [0.2, 0.25) is 0 Å². The van der Waals surface area contributed by atoms with Gasteiger partial charge in [-0.1, -0.05) is 12.1 Å². The number of aromatic amines is 1. The molecule has 0 bridgehead atoms. The molecule has 0 unspecified atom stereocenters. The molecule has 1 aromatic carbocycles. The Morgan fingerprint density at radius 2 is 1.93 bits per heavy atom. The van der Waals surface area contributed by atoms with Gasteiger partial charge in [-0.3, -0.25) is 0 Å². The predicted molar refractivity (Wildman–Crippen MR) is 57.6 cm³/mol. The van der Waals surface area contributed by atoms with E-state index in [2.05, 4.69) is 4.98 Å². The minimum absolute atomic E-state index is 0.513. The van der Waals surface area contributed by atoms with Crippen molar-refractivity contribution in [3.8, 4) is 0 Å². The van der Waals surface area contributed by atoms with Crippen molar-refractivity contribution in [2.75, 3.05) is 0 Å². The summed E-state index contributed by atoms with van der Waals surface area (Å²) in [6, 6.07) is 5.40. The van der Waals surface area contributed by atoms with Crippen molar-refractivity contribution in [3.63, 3.8) is 0 Å². The number of H-pyrrole nitrogens is 1. The normalized spacial score (nSPS) is 10.9. The highest BCUT2D eigenvalue weighted by atomic mass is 16.4. The number of benzene rings is 1. The van der Waals surface area contributed by atoms with Crippen molar-refractivity contribution in [2.24, 2.45) is 0 Å². The molecule has 4 heteroatoms. The first-order valence-corrected chi connectivity index (χ1v) is 4.54. The van der Waals surface area contributed by atoms with Gasteiger partial charge in [0.1, 0.15) is 0 Å². The van der Waals surface area contributed by atoms with E-state index in [-0.39, 0.29) is 0 Å². The third-order valence-electron chi connectivity index (χ3n) is 2.63. The molecule has 3 nitrogen and oxygen atoms in total. The molecule has 0 saturated heterocycles. The van der Waals surface area contributed by atoms with E-state index in [9.17, 15) is 0 Å². The third kappa shape index (κ3) is 1.33. The molecule has 2 rings (SSSR count). The van der Waals surface area contributed by atoms with Crippen LogP contribution < -0.4 is 5.46 Å². The lowest BCUT2D eigenvalue weighted by Crippen LogP contribution is -2.29. The zero-order chi connectivity index (χ0) is 10.3. The van der Waals surface area contributed by atoms with Gasteiger partial charge in [0.25, 0.3) is 0 Å². The molecule has 0 amide bonds. The number of aromatic nitrogens is 1. The van der Waals surface area contributed by atoms with Crippen LogP contribution in [0, 0.1) is 13.8 Å². The molecule has 1 heterocycles. The van der Waals surface area contributed by atoms with Crippen LogP contribution in [0.1, 0.15) is 11.3 Å². The third-order valence-corrected chi connectivity index (χ3v) is 2.63. The van der Waals surface area contributed by atoms with E-state index in [0.717, 1.165) is 16.6 Å². The Bertz CT molecular complexity index is 476. The SMILES string of the molecule is Cc1[nH]c2cc(B(O)O)ccc2c1C. The molecule has 0 atom stereocenters. The number of hydrogen-bond acceptors (Lipinski definition) is 2. The van der Waals surface area contributed by atoms with E-state index in [4.69, 9.17) is 10.0 Å².